The van der Waals surface area contributed by atoms with E-state index in [1.54, 1.807) is 0 Å². The highest BCUT2D eigenvalue weighted by atomic mass is 32.1. The lowest BCUT2D eigenvalue weighted by atomic mass is 10.2. The van der Waals surface area contributed by atoms with E-state index in [-0.39, 0.29) is 0 Å². The standard InChI is InChI=1S/C14H27N3S/c1-6-8-15-9-13-12(7-2)16-14(18-13)17(5)10-11(3)4/h11,15H,6-10H2,1-5H3. The van der Waals surface area contributed by atoms with E-state index < -0.39 is 0 Å². The second-order valence-electron chi connectivity index (χ2n) is 5.17. The Morgan fingerprint density at radius 3 is 2.61 bits per heavy atom. The predicted molar refractivity (Wildman–Crippen MR) is 81.6 cm³/mol. The third-order valence-electron chi connectivity index (χ3n) is 2.78. The van der Waals surface area contributed by atoms with Gasteiger partial charge in [-0.05, 0) is 25.3 Å². The largest absolute Gasteiger partial charge is 0.351 e. The summed E-state index contributed by atoms with van der Waals surface area (Å²) < 4.78 is 0. The molecule has 0 radical (unpaired) electrons. The Balaban J connectivity index is 2.70. The zero-order valence-electron chi connectivity index (χ0n) is 12.4. The van der Waals surface area contributed by atoms with Crippen molar-refractivity contribution in [1.82, 2.24) is 10.3 Å². The third kappa shape index (κ3) is 4.58. The van der Waals surface area contributed by atoms with Crippen molar-refractivity contribution in [3.8, 4) is 0 Å². The number of nitrogens with zero attached hydrogens (tertiary/aromatic N) is 2. The number of aryl methyl sites for hydroxylation is 1. The lowest BCUT2D eigenvalue weighted by Crippen LogP contribution is -2.22. The first-order chi connectivity index (χ1) is 8.58. The van der Waals surface area contributed by atoms with Gasteiger partial charge in [0.15, 0.2) is 5.13 Å². The molecular formula is C14H27N3S. The number of rotatable bonds is 8. The van der Waals surface area contributed by atoms with E-state index in [4.69, 9.17) is 4.98 Å². The molecule has 1 aromatic rings. The van der Waals surface area contributed by atoms with Gasteiger partial charge in [0.05, 0.1) is 5.69 Å². The molecule has 0 saturated carbocycles. The molecule has 1 N–H and O–H groups in total. The van der Waals surface area contributed by atoms with Crippen LogP contribution in [0.5, 0.6) is 0 Å². The maximum atomic E-state index is 4.76. The van der Waals surface area contributed by atoms with E-state index in [1.807, 2.05) is 11.3 Å². The maximum absolute atomic E-state index is 4.76. The second-order valence-corrected chi connectivity index (χ2v) is 6.23. The molecule has 0 aliphatic carbocycles. The average molecular weight is 269 g/mol. The Labute approximate surface area is 116 Å². The van der Waals surface area contributed by atoms with Gasteiger partial charge in [-0.25, -0.2) is 4.98 Å². The van der Waals surface area contributed by atoms with Gasteiger partial charge in [0, 0.05) is 25.0 Å². The highest BCUT2D eigenvalue weighted by Gasteiger charge is 2.13. The van der Waals surface area contributed by atoms with Crippen LogP contribution in [0.3, 0.4) is 0 Å². The summed E-state index contributed by atoms with van der Waals surface area (Å²) >= 11 is 1.84. The molecule has 0 aliphatic heterocycles. The van der Waals surface area contributed by atoms with Crippen LogP contribution in [0.25, 0.3) is 0 Å². The van der Waals surface area contributed by atoms with Gasteiger partial charge in [-0.15, -0.1) is 11.3 Å². The van der Waals surface area contributed by atoms with Crippen LogP contribution in [0.15, 0.2) is 0 Å². The Hall–Kier alpha value is -0.610. The Bertz CT molecular complexity index is 347. The molecule has 18 heavy (non-hydrogen) atoms. The third-order valence-corrected chi connectivity index (χ3v) is 3.99. The molecule has 0 bridgehead atoms. The fourth-order valence-electron chi connectivity index (χ4n) is 1.95. The molecule has 1 rings (SSSR count). The van der Waals surface area contributed by atoms with Gasteiger partial charge in [0.25, 0.3) is 0 Å². The van der Waals surface area contributed by atoms with E-state index in [0.29, 0.717) is 5.92 Å². The van der Waals surface area contributed by atoms with Crippen LogP contribution in [0.2, 0.25) is 0 Å². The van der Waals surface area contributed by atoms with Crippen LogP contribution in [0.4, 0.5) is 5.13 Å². The van der Waals surface area contributed by atoms with Crippen molar-refractivity contribution in [2.75, 3.05) is 25.0 Å². The minimum absolute atomic E-state index is 0.672. The normalized spacial score (nSPS) is 11.2. The van der Waals surface area contributed by atoms with Crippen LogP contribution < -0.4 is 10.2 Å². The lowest BCUT2D eigenvalue weighted by molar-refractivity contribution is 0.637. The summed E-state index contributed by atoms with van der Waals surface area (Å²) in [6.45, 7) is 12.0. The van der Waals surface area contributed by atoms with Crippen molar-refractivity contribution in [3.05, 3.63) is 10.6 Å². The van der Waals surface area contributed by atoms with Gasteiger partial charge in [0.1, 0.15) is 0 Å². The predicted octanol–water partition coefficient (Wildman–Crippen LogP) is 3.30. The minimum Gasteiger partial charge on any atom is -0.351 e. The maximum Gasteiger partial charge on any atom is 0.185 e. The molecule has 4 heteroatoms. The molecule has 0 aromatic carbocycles. The first-order valence-electron chi connectivity index (χ1n) is 6.98. The van der Waals surface area contributed by atoms with Crippen molar-refractivity contribution in [3.63, 3.8) is 0 Å². The summed E-state index contributed by atoms with van der Waals surface area (Å²) in [6.07, 6.45) is 2.20. The van der Waals surface area contributed by atoms with Crippen LogP contribution in [-0.2, 0) is 13.0 Å². The number of thiazole rings is 1. The number of hydrogen-bond donors (Lipinski definition) is 1. The van der Waals surface area contributed by atoms with Crippen molar-refractivity contribution in [2.24, 2.45) is 5.92 Å². The second kappa shape index (κ2) is 7.74. The van der Waals surface area contributed by atoms with Gasteiger partial charge < -0.3 is 10.2 Å². The van der Waals surface area contributed by atoms with Crippen molar-refractivity contribution >= 4 is 16.5 Å². The van der Waals surface area contributed by atoms with Crippen molar-refractivity contribution < 1.29 is 0 Å². The monoisotopic (exact) mass is 269 g/mol. The van der Waals surface area contributed by atoms with E-state index in [9.17, 15) is 0 Å². The molecule has 104 valence electrons. The van der Waals surface area contributed by atoms with E-state index in [1.165, 1.54) is 17.0 Å². The molecule has 3 nitrogen and oxygen atoms in total. The quantitative estimate of drug-likeness (QED) is 0.734. The number of hydrogen-bond acceptors (Lipinski definition) is 4. The highest BCUT2D eigenvalue weighted by molar-refractivity contribution is 7.15. The van der Waals surface area contributed by atoms with Crippen LogP contribution in [0, 0.1) is 5.92 Å². The van der Waals surface area contributed by atoms with Crippen molar-refractivity contribution in [1.29, 1.82) is 0 Å². The molecule has 0 atom stereocenters. The molecule has 0 amide bonds. The molecule has 0 spiro atoms. The smallest absolute Gasteiger partial charge is 0.185 e. The van der Waals surface area contributed by atoms with Gasteiger partial charge in [-0.3, -0.25) is 0 Å². The number of anilines is 1. The summed E-state index contributed by atoms with van der Waals surface area (Å²) in [5.41, 5.74) is 1.26. The van der Waals surface area contributed by atoms with E-state index >= 15 is 0 Å². The molecular weight excluding hydrogens is 242 g/mol. The van der Waals surface area contributed by atoms with E-state index in [0.717, 1.165) is 31.2 Å². The molecule has 0 saturated heterocycles. The van der Waals surface area contributed by atoms with Crippen LogP contribution in [-0.4, -0.2) is 25.1 Å². The molecule has 0 unspecified atom stereocenters. The first kappa shape index (κ1) is 15.4. The van der Waals surface area contributed by atoms with E-state index in [2.05, 4.69) is 45.0 Å². The zero-order chi connectivity index (χ0) is 13.5. The van der Waals surface area contributed by atoms with Gasteiger partial charge in [-0.1, -0.05) is 27.7 Å². The molecule has 0 fully saturated rings. The summed E-state index contributed by atoms with van der Waals surface area (Å²) in [6, 6.07) is 0. The van der Waals surface area contributed by atoms with Crippen LogP contribution >= 0.6 is 11.3 Å². The zero-order valence-corrected chi connectivity index (χ0v) is 13.2. The molecule has 0 aliphatic rings. The fraction of sp³-hybridized carbons (Fsp3) is 0.786. The fourth-order valence-corrected chi connectivity index (χ4v) is 3.04. The first-order valence-corrected chi connectivity index (χ1v) is 7.80. The summed E-state index contributed by atoms with van der Waals surface area (Å²) in [7, 11) is 2.14. The number of aromatic nitrogens is 1. The average Bonchev–Trinajstić information content (AvgIpc) is 2.72. The van der Waals surface area contributed by atoms with Crippen molar-refractivity contribution in [2.45, 2.75) is 47.1 Å². The summed E-state index contributed by atoms with van der Waals surface area (Å²) in [5, 5.41) is 4.63. The lowest BCUT2D eigenvalue weighted by Gasteiger charge is -2.17. The Kier molecular flexibility index (Phi) is 6.65. The summed E-state index contributed by atoms with van der Waals surface area (Å²) in [5.74, 6) is 0.672. The summed E-state index contributed by atoms with van der Waals surface area (Å²) in [4.78, 5) is 8.44. The highest BCUT2D eigenvalue weighted by Crippen LogP contribution is 2.26. The molecule has 1 heterocycles. The van der Waals surface area contributed by atoms with Gasteiger partial charge in [0.2, 0.25) is 0 Å². The Morgan fingerprint density at radius 2 is 2.06 bits per heavy atom. The minimum atomic E-state index is 0.672. The Morgan fingerprint density at radius 1 is 1.33 bits per heavy atom. The van der Waals surface area contributed by atoms with Gasteiger partial charge >= 0.3 is 0 Å². The SMILES string of the molecule is CCCNCc1sc(N(C)CC(C)C)nc1CC. The topological polar surface area (TPSA) is 28.2 Å². The molecule has 1 aromatic heterocycles. The van der Waals surface area contributed by atoms with Crippen LogP contribution in [0.1, 0.15) is 44.7 Å². The van der Waals surface area contributed by atoms with Gasteiger partial charge in [-0.2, -0.15) is 0 Å². The number of nitrogens with one attached hydrogen (secondary N) is 1.